The Morgan fingerprint density at radius 3 is 2.67 bits per heavy atom. The van der Waals surface area contributed by atoms with Crippen LogP contribution in [0.25, 0.3) is 0 Å². The Labute approximate surface area is 111 Å². The Morgan fingerprint density at radius 1 is 1.22 bits per heavy atom. The molecule has 2 nitrogen and oxygen atoms in total. The molecule has 1 aliphatic rings. The summed E-state index contributed by atoms with van der Waals surface area (Å²) < 4.78 is 6.28. The van der Waals surface area contributed by atoms with E-state index in [1.54, 1.807) is 0 Å². The van der Waals surface area contributed by atoms with Gasteiger partial charge in [-0.05, 0) is 45.2 Å². The standard InChI is InChI=1S/C16H25NO/c1-12-8-4-6-10-15(12)18-16-11-7-5-9-14(16)13(2)17-3/h5,7,9,11-13,15,17H,4,6,8,10H2,1-3H3. The topological polar surface area (TPSA) is 21.3 Å². The highest BCUT2D eigenvalue weighted by molar-refractivity contribution is 5.35. The molecule has 100 valence electrons. The van der Waals surface area contributed by atoms with Crippen LogP contribution < -0.4 is 10.1 Å². The zero-order valence-electron chi connectivity index (χ0n) is 11.8. The molecule has 1 aromatic rings. The van der Waals surface area contributed by atoms with Gasteiger partial charge in [0.05, 0.1) is 0 Å². The number of para-hydroxylation sites is 1. The van der Waals surface area contributed by atoms with Crippen molar-refractivity contribution >= 4 is 0 Å². The Balaban J connectivity index is 2.12. The second-order valence-corrected chi connectivity index (χ2v) is 5.47. The SMILES string of the molecule is CNC(C)c1ccccc1OC1CCCCC1C. The van der Waals surface area contributed by atoms with Gasteiger partial charge in [-0.1, -0.05) is 31.5 Å². The van der Waals surface area contributed by atoms with Crippen molar-refractivity contribution in [3.8, 4) is 5.75 Å². The average Bonchev–Trinajstić information content (AvgIpc) is 2.41. The third-order valence-corrected chi connectivity index (χ3v) is 4.13. The van der Waals surface area contributed by atoms with Crippen LogP contribution in [0.5, 0.6) is 5.75 Å². The monoisotopic (exact) mass is 247 g/mol. The van der Waals surface area contributed by atoms with Gasteiger partial charge in [0, 0.05) is 11.6 Å². The lowest BCUT2D eigenvalue weighted by Gasteiger charge is -2.30. The molecule has 0 bridgehead atoms. The highest BCUT2D eigenvalue weighted by Gasteiger charge is 2.24. The van der Waals surface area contributed by atoms with Crippen LogP contribution in [0.3, 0.4) is 0 Å². The van der Waals surface area contributed by atoms with Crippen molar-refractivity contribution in [1.29, 1.82) is 0 Å². The second-order valence-electron chi connectivity index (χ2n) is 5.47. The molecule has 18 heavy (non-hydrogen) atoms. The van der Waals surface area contributed by atoms with E-state index in [4.69, 9.17) is 4.74 Å². The second kappa shape index (κ2) is 6.24. The number of benzene rings is 1. The van der Waals surface area contributed by atoms with E-state index in [1.807, 2.05) is 7.05 Å². The highest BCUT2D eigenvalue weighted by atomic mass is 16.5. The van der Waals surface area contributed by atoms with Crippen LogP contribution in [0.4, 0.5) is 0 Å². The van der Waals surface area contributed by atoms with Gasteiger partial charge in [0.2, 0.25) is 0 Å². The maximum atomic E-state index is 6.28. The molecule has 0 aromatic heterocycles. The first kappa shape index (κ1) is 13.4. The predicted molar refractivity (Wildman–Crippen MR) is 76.0 cm³/mol. The summed E-state index contributed by atoms with van der Waals surface area (Å²) in [7, 11) is 1.99. The molecule has 0 spiro atoms. The quantitative estimate of drug-likeness (QED) is 0.870. The lowest BCUT2D eigenvalue weighted by atomic mass is 9.88. The number of hydrogen-bond donors (Lipinski definition) is 1. The van der Waals surface area contributed by atoms with Crippen LogP contribution in [0.1, 0.15) is 51.1 Å². The van der Waals surface area contributed by atoms with Gasteiger partial charge in [-0.25, -0.2) is 0 Å². The maximum Gasteiger partial charge on any atom is 0.124 e. The molecule has 1 fully saturated rings. The van der Waals surface area contributed by atoms with E-state index >= 15 is 0 Å². The van der Waals surface area contributed by atoms with E-state index in [9.17, 15) is 0 Å². The minimum absolute atomic E-state index is 0.333. The summed E-state index contributed by atoms with van der Waals surface area (Å²) in [6, 6.07) is 8.74. The Hall–Kier alpha value is -1.02. The maximum absolute atomic E-state index is 6.28. The largest absolute Gasteiger partial charge is 0.490 e. The fourth-order valence-corrected chi connectivity index (χ4v) is 2.72. The lowest BCUT2D eigenvalue weighted by Crippen LogP contribution is -2.29. The molecule has 3 unspecified atom stereocenters. The van der Waals surface area contributed by atoms with E-state index in [1.165, 1.54) is 31.2 Å². The molecule has 0 saturated heterocycles. The number of rotatable bonds is 4. The summed E-state index contributed by atoms with van der Waals surface area (Å²) in [5, 5.41) is 3.29. The molecule has 0 heterocycles. The van der Waals surface area contributed by atoms with Crippen LogP contribution in [-0.2, 0) is 0 Å². The van der Waals surface area contributed by atoms with Crippen molar-refractivity contribution < 1.29 is 4.74 Å². The Bertz CT molecular complexity index is 377. The van der Waals surface area contributed by atoms with E-state index in [-0.39, 0.29) is 0 Å². The summed E-state index contributed by atoms with van der Waals surface area (Å²) in [4.78, 5) is 0. The smallest absolute Gasteiger partial charge is 0.124 e. The number of hydrogen-bond acceptors (Lipinski definition) is 2. The van der Waals surface area contributed by atoms with Crippen molar-refractivity contribution in [3.63, 3.8) is 0 Å². The molecule has 1 aliphatic carbocycles. The molecule has 1 aromatic carbocycles. The molecular weight excluding hydrogens is 222 g/mol. The van der Waals surface area contributed by atoms with Crippen molar-refractivity contribution in [1.82, 2.24) is 5.32 Å². The zero-order valence-corrected chi connectivity index (χ0v) is 11.8. The van der Waals surface area contributed by atoms with E-state index < -0.39 is 0 Å². The first-order chi connectivity index (χ1) is 8.72. The molecular formula is C16H25NO. The van der Waals surface area contributed by atoms with Crippen molar-refractivity contribution in [2.45, 2.75) is 51.7 Å². The van der Waals surface area contributed by atoms with Crippen molar-refractivity contribution in [2.75, 3.05) is 7.05 Å². The van der Waals surface area contributed by atoms with Gasteiger partial charge in [-0.15, -0.1) is 0 Å². The van der Waals surface area contributed by atoms with Crippen molar-refractivity contribution in [3.05, 3.63) is 29.8 Å². The summed E-state index contributed by atoms with van der Waals surface area (Å²) in [6.45, 7) is 4.49. The first-order valence-electron chi connectivity index (χ1n) is 7.15. The summed E-state index contributed by atoms with van der Waals surface area (Å²) >= 11 is 0. The Kier molecular flexibility index (Phi) is 4.65. The molecule has 1 N–H and O–H groups in total. The minimum Gasteiger partial charge on any atom is -0.490 e. The van der Waals surface area contributed by atoms with Crippen LogP contribution in [0.15, 0.2) is 24.3 Å². The van der Waals surface area contributed by atoms with Gasteiger partial charge in [-0.2, -0.15) is 0 Å². The number of nitrogens with one attached hydrogen (secondary N) is 1. The molecule has 0 radical (unpaired) electrons. The van der Waals surface area contributed by atoms with Crippen LogP contribution in [0.2, 0.25) is 0 Å². The fourth-order valence-electron chi connectivity index (χ4n) is 2.72. The zero-order chi connectivity index (χ0) is 13.0. The third-order valence-electron chi connectivity index (χ3n) is 4.13. The summed E-state index contributed by atoms with van der Waals surface area (Å²) in [5.74, 6) is 1.73. The minimum atomic E-state index is 0.333. The lowest BCUT2D eigenvalue weighted by molar-refractivity contribution is 0.101. The van der Waals surface area contributed by atoms with Gasteiger partial charge >= 0.3 is 0 Å². The van der Waals surface area contributed by atoms with E-state index in [0.717, 1.165) is 5.75 Å². The van der Waals surface area contributed by atoms with Gasteiger partial charge in [0.25, 0.3) is 0 Å². The van der Waals surface area contributed by atoms with E-state index in [2.05, 4.69) is 43.4 Å². The van der Waals surface area contributed by atoms with Crippen LogP contribution >= 0.6 is 0 Å². The van der Waals surface area contributed by atoms with Crippen LogP contribution in [0, 0.1) is 5.92 Å². The molecule has 1 saturated carbocycles. The van der Waals surface area contributed by atoms with Gasteiger partial charge in [0.15, 0.2) is 0 Å². The van der Waals surface area contributed by atoms with Crippen LogP contribution in [-0.4, -0.2) is 13.2 Å². The van der Waals surface area contributed by atoms with E-state index in [0.29, 0.717) is 18.1 Å². The normalized spacial score (nSPS) is 25.7. The van der Waals surface area contributed by atoms with Gasteiger partial charge in [0.1, 0.15) is 11.9 Å². The third kappa shape index (κ3) is 3.05. The fraction of sp³-hybridized carbons (Fsp3) is 0.625. The molecule has 2 rings (SSSR count). The average molecular weight is 247 g/mol. The first-order valence-corrected chi connectivity index (χ1v) is 7.15. The van der Waals surface area contributed by atoms with Crippen molar-refractivity contribution in [2.24, 2.45) is 5.92 Å². The molecule has 3 atom stereocenters. The summed E-state index contributed by atoms with van der Waals surface area (Å²) in [5.41, 5.74) is 1.26. The Morgan fingerprint density at radius 2 is 1.94 bits per heavy atom. The van der Waals surface area contributed by atoms with Gasteiger partial charge in [-0.3, -0.25) is 0 Å². The predicted octanol–water partition coefficient (Wildman–Crippen LogP) is 3.92. The number of ether oxygens (including phenoxy) is 1. The molecule has 0 amide bonds. The highest BCUT2D eigenvalue weighted by Crippen LogP contribution is 2.31. The molecule has 0 aliphatic heterocycles. The summed E-state index contributed by atoms with van der Waals surface area (Å²) in [6.07, 6.45) is 5.55. The van der Waals surface area contributed by atoms with Gasteiger partial charge < -0.3 is 10.1 Å². The molecule has 2 heteroatoms.